The summed E-state index contributed by atoms with van der Waals surface area (Å²) < 4.78 is 1.63. The van der Waals surface area contributed by atoms with Crippen LogP contribution in [0.1, 0.15) is 32.8 Å². The van der Waals surface area contributed by atoms with Crippen LogP contribution in [0.25, 0.3) is 0 Å². The van der Waals surface area contributed by atoms with Gasteiger partial charge in [0.1, 0.15) is 0 Å². The fraction of sp³-hybridized carbons (Fsp3) is 0.545. The van der Waals surface area contributed by atoms with Gasteiger partial charge < -0.3 is 4.57 Å². The number of hydrogen-bond donors (Lipinski definition) is 0. The summed E-state index contributed by atoms with van der Waals surface area (Å²) in [6.07, 6.45) is 3.00. The number of aromatic nitrogens is 1. The van der Waals surface area contributed by atoms with E-state index in [0.29, 0.717) is 0 Å². The Labute approximate surface area is 79.2 Å². The summed E-state index contributed by atoms with van der Waals surface area (Å²) in [7, 11) is 1.79. The third kappa shape index (κ3) is 2.00. The molecule has 0 amide bonds. The first-order chi connectivity index (χ1) is 5.97. The zero-order valence-electron chi connectivity index (χ0n) is 8.79. The van der Waals surface area contributed by atoms with E-state index in [4.69, 9.17) is 0 Å². The lowest BCUT2D eigenvalue weighted by atomic mass is 9.83. The molecule has 0 unspecified atom stereocenters. The first kappa shape index (κ1) is 10.0. The monoisotopic (exact) mass is 179 g/mol. The molecule has 0 aliphatic heterocycles. The van der Waals surface area contributed by atoms with E-state index in [2.05, 4.69) is 20.8 Å². The summed E-state index contributed by atoms with van der Waals surface area (Å²) in [4.78, 5) is 11.1. The van der Waals surface area contributed by atoms with Crippen molar-refractivity contribution in [2.75, 3.05) is 0 Å². The van der Waals surface area contributed by atoms with E-state index < -0.39 is 0 Å². The highest BCUT2D eigenvalue weighted by Gasteiger charge is 2.17. The van der Waals surface area contributed by atoms with Crippen LogP contribution in [0.4, 0.5) is 0 Å². The zero-order valence-corrected chi connectivity index (χ0v) is 8.79. The van der Waals surface area contributed by atoms with Gasteiger partial charge in [0.15, 0.2) is 0 Å². The van der Waals surface area contributed by atoms with Crippen LogP contribution in [-0.2, 0) is 12.5 Å². The SMILES string of the molecule is CCC(C)(C)c1ccc(=O)n(C)c1. The first-order valence-corrected chi connectivity index (χ1v) is 4.64. The number of nitrogens with zero attached hydrogens (tertiary/aromatic N) is 1. The summed E-state index contributed by atoms with van der Waals surface area (Å²) >= 11 is 0. The molecule has 0 aliphatic rings. The summed E-state index contributed by atoms with van der Waals surface area (Å²) in [6, 6.07) is 3.55. The molecular formula is C11H17NO. The highest BCUT2D eigenvalue weighted by Crippen LogP contribution is 2.25. The zero-order chi connectivity index (χ0) is 10.1. The van der Waals surface area contributed by atoms with E-state index in [1.165, 1.54) is 5.56 Å². The van der Waals surface area contributed by atoms with Gasteiger partial charge in [0.05, 0.1) is 0 Å². The van der Waals surface area contributed by atoms with Crippen molar-refractivity contribution in [2.24, 2.45) is 7.05 Å². The van der Waals surface area contributed by atoms with Crippen LogP contribution >= 0.6 is 0 Å². The van der Waals surface area contributed by atoms with Gasteiger partial charge in [-0.15, -0.1) is 0 Å². The predicted molar refractivity (Wildman–Crippen MR) is 55.0 cm³/mol. The van der Waals surface area contributed by atoms with Crippen molar-refractivity contribution in [3.8, 4) is 0 Å². The Bertz CT molecular complexity index is 349. The molecule has 0 saturated heterocycles. The molecule has 0 atom stereocenters. The summed E-state index contributed by atoms with van der Waals surface area (Å²) in [5, 5.41) is 0. The number of pyridine rings is 1. The normalized spacial score (nSPS) is 11.7. The lowest BCUT2D eigenvalue weighted by Crippen LogP contribution is -2.21. The van der Waals surface area contributed by atoms with E-state index >= 15 is 0 Å². The van der Waals surface area contributed by atoms with Gasteiger partial charge in [0.2, 0.25) is 5.56 Å². The molecule has 0 spiro atoms. The van der Waals surface area contributed by atoms with Crippen molar-refractivity contribution in [3.63, 3.8) is 0 Å². The van der Waals surface area contributed by atoms with Crippen LogP contribution in [0.3, 0.4) is 0 Å². The van der Waals surface area contributed by atoms with Gasteiger partial charge >= 0.3 is 0 Å². The Morgan fingerprint density at radius 3 is 2.46 bits per heavy atom. The van der Waals surface area contributed by atoms with Gasteiger partial charge in [-0.3, -0.25) is 4.79 Å². The van der Waals surface area contributed by atoms with Crippen LogP contribution < -0.4 is 5.56 Å². The van der Waals surface area contributed by atoms with Gasteiger partial charge in [0, 0.05) is 19.3 Å². The molecule has 0 aromatic carbocycles. The van der Waals surface area contributed by atoms with E-state index in [0.717, 1.165) is 6.42 Å². The summed E-state index contributed by atoms with van der Waals surface area (Å²) in [5.41, 5.74) is 1.43. The molecule has 0 saturated carbocycles. The van der Waals surface area contributed by atoms with E-state index in [1.54, 1.807) is 17.7 Å². The standard InChI is InChI=1S/C11H17NO/c1-5-11(2,3)9-6-7-10(13)12(4)8-9/h6-8H,5H2,1-4H3. The Hall–Kier alpha value is -1.05. The molecule has 0 bridgehead atoms. The quantitative estimate of drug-likeness (QED) is 0.681. The molecule has 1 aromatic heterocycles. The van der Waals surface area contributed by atoms with E-state index in [1.807, 2.05) is 12.3 Å². The summed E-state index contributed by atoms with van der Waals surface area (Å²) in [5.74, 6) is 0. The second kappa shape index (κ2) is 3.36. The van der Waals surface area contributed by atoms with Crippen molar-refractivity contribution in [2.45, 2.75) is 32.6 Å². The highest BCUT2D eigenvalue weighted by atomic mass is 16.1. The molecule has 0 fully saturated rings. The van der Waals surface area contributed by atoms with Gasteiger partial charge in [0.25, 0.3) is 0 Å². The Morgan fingerprint density at radius 2 is 2.00 bits per heavy atom. The lowest BCUT2D eigenvalue weighted by molar-refractivity contribution is 0.500. The van der Waals surface area contributed by atoms with Crippen LogP contribution in [0, 0.1) is 0 Å². The minimum atomic E-state index is 0.0515. The van der Waals surface area contributed by atoms with Gasteiger partial charge in [-0.05, 0) is 17.4 Å². The maximum absolute atomic E-state index is 11.1. The molecule has 0 N–H and O–H groups in total. The molecule has 1 aromatic rings. The first-order valence-electron chi connectivity index (χ1n) is 4.64. The summed E-state index contributed by atoms with van der Waals surface area (Å²) in [6.45, 7) is 6.53. The van der Waals surface area contributed by atoms with Crippen molar-refractivity contribution >= 4 is 0 Å². The molecule has 13 heavy (non-hydrogen) atoms. The third-order valence-electron chi connectivity index (χ3n) is 2.75. The Morgan fingerprint density at radius 1 is 1.38 bits per heavy atom. The highest BCUT2D eigenvalue weighted by molar-refractivity contribution is 5.19. The number of rotatable bonds is 2. The number of aryl methyl sites for hydroxylation is 1. The fourth-order valence-corrected chi connectivity index (χ4v) is 1.20. The van der Waals surface area contributed by atoms with Crippen LogP contribution in [-0.4, -0.2) is 4.57 Å². The lowest BCUT2D eigenvalue weighted by Gasteiger charge is -2.23. The van der Waals surface area contributed by atoms with Crippen molar-refractivity contribution < 1.29 is 0 Å². The maximum Gasteiger partial charge on any atom is 0.250 e. The largest absolute Gasteiger partial charge is 0.318 e. The maximum atomic E-state index is 11.1. The minimum absolute atomic E-state index is 0.0515. The van der Waals surface area contributed by atoms with Gasteiger partial charge in [-0.1, -0.05) is 26.8 Å². The smallest absolute Gasteiger partial charge is 0.250 e. The van der Waals surface area contributed by atoms with E-state index in [-0.39, 0.29) is 11.0 Å². The molecule has 0 aliphatic carbocycles. The average molecular weight is 179 g/mol. The Kier molecular flexibility index (Phi) is 2.60. The molecule has 2 heteroatoms. The van der Waals surface area contributed by atoms with Crippen LogP contribution in [0.2, 0.25) is 0 Å². The third-order valence-corrected chi connectivity index (χ3v) is 2.75. The molecule has 2 nitrogen and oxygen atoms in total. The van der Waals surface area contributed by atoms with Gasteiger partial charge in [-0.2, -0.15) is 0 Å². The molecule has 1 rings (SSSR count). The molecule has 72 valence electrons. The Balaban J connectivity index is 3.18. The molecule has 1 heterocycles. The van der Waals surface area contributed by atoms with E-state index in [9.17, 15) is 4.79 Å². The van der Waals surface area contributed by atoms with Crippen molar-refractivity contribution in [3.05, 3.63) is 34.2 Å². The van der Waals surface area contributed by atoms with Gasteiger partial charge in [-0.25, -0.2) is 0 Å². The number of hydrogen-bond acceptors (Lipinski definition) is 1. The predicted octanol–water partition coefficient (Wildman–Crippen LogP) is 2.07. The second-order valence-corrected chi connectivity index (χ2v) is 4.10. The second-order valence-electron chi connectivity index (χ2n) is 4.10. The van der Waals surface area contributed by atoms with Crippen molar-refractivity contribution in [1.29, 1.82) is 0 Å². The van der Waals surface area contributed by atoms with Crippen molar-refractivity contribution in [1.82, 2.24) is 4.57 Å². The molecule has 0 radical (unpaired) electrons. The fourth-order valence-electron chi connectivity index (χ4n) is 1.20. The van der Waals surface area contributed by atoms with Crippen LogP contribution in [0.5, 0.6) is 0 Å². The average Bonchev–Trinajstić information content (AvgIpc) is 2.09. The molecular weight excluding hydrogens is 162 g/mol. The minimum Gasteiger partial charge on any atom is -0.318 e. The van der Waals surface area contributed by atoms with Crippen LogP contribution in [0.15, 0.2) is 23.1 Å². The topological polar surface area (TPSA) is 22.0 Å².